The van der Waals surface area contributed by atoms with E-state index < -0.39 is 0 Å². The molecule has 0 bridgehead atoms. The summed E-state index contributed by atoms with van der Waals surface area (Å²) in [5.74, 6) is 0. The topological polar surface area (TPSA) is 44.5 Å². The second-order valence-corrected chi connectivity index (χ2v) is 6.42. The lowest BCUT2D eigenvalue weighted by Gasteiger charge is -2.27. The number of halogens is 1. The van der Waals surface area contributed by atoms with E-state index in [1.165, 1.54) is 9.21 Å². The molecule has 0 aliphatic carbocycles. The average Bonchev–Trinajstić information content (AvgIpc) is 2.01. The molecule has 0 aromatic rings. The van der Waals surface area contributed by atoms with Crippen LogP contribution in [0.3, 0.4) is 0 Å². The van der Waals surface area contributed by atoms with Gasteiger partial charge in [-0.3, -0.25) is 0 Å². The van der Waals surface area contributed by atoms with E-state index in [1.54, 1.807) is 0 Å². The Kier molecular flexibility index (Phi) is 7.79. The zero-order valence-electron chi connectivity index (χ0n) is 10.0. The van der Waals surface area contributed by atoms with E-state index in [2.05, 4.69) is 35.1 Å². The molecule has 0 aliphatic heterocycles. The molecule has 0 rings (SSSR count). The van der Waals surface area contributed by atoms with Crippen LogP contribution in [0.25, 0.3) is 0 Å². The predicted molar refractivity (Wildman–Crippen MR) is 75.1 cm³/mol. The maximum absolute atomic E-state index is 5.88. The van der Waals surface area contributed by atoms with Gasteiger partial charge in [0.05, 0.1) is 21.4 Å². The summed E-state index contributed by atoms with van der Waals surface area (Å²) in [6.07, 6.45) is 1.77. The third kappa shape index (κ3) is 11.2. The van der Waals surface area contributed by atoms with Gasteiger partial charge in [-0.25, -0.2) is 0 Å². The van der Waals surface area contributed by atoms with Gasteiger partial charge in [0.1, 0.15) is 0 Å². The summed E-state index contributed by atoms with van der Waals surface area (Å²) >= 11 is 2.12. The van der Waals surface area contributed by atoms with Gasteiger partial charge < -0.3 is 14.7 Å². The monoisotopic (exact) mass is 347 g/mol. The number of rotatable bonds is 8. The first-order valence-electron chi connectivity index (χ1n) is 5.10. The van der Waals surface area contributed by atoms with Crippen molar-refractivity contribution in [3.8, 4) is 0 Å². The molecule has 0 amide bonds. The maximum Gasteiger partial charge on any atom is 0.0650 e. The van der Waals surface area contributed by atoms with Gasteiger partial charge in [0, 0.05) is 39.8 Å². The highest BCUT2D eigenvalue weighted by molar-refractivity contribution is 14.2. The third-order valence-corrected chi connectivity index (χ3v) is 3.09. The van der Waals surface area contributed by atoms with Gasteiger partial charge in [-0.1, -0.05) is 0 Å². The molecule has 0 radical (unpaired) electrons. The maximum atomic E-state index is 5.88. The van der Waals surface area contributed by atoms with Gasteiger partial charge in [0.15, 0.2) is 0 Å². The lowest BCUT2D eigenvalue weighted by atomic mass is 10.0. The first kappa shape index (κ1) is 16.0. The molecule has 5 heteroatoms. The molecule has 0 spiro atoms. The Hall–Kier alpha value is 0.960. The van der Waals surface area contributed by atoms with Gasteiger partial charge in [0.2, 0.25) is 0 Å². The number of ether oxygens (including phenoxy) is 1. The molecule has 0 fully saturated rings. The molecule has 0 saturated heterocycles. The quantitative estimate of drug-likeness (QED) is 0.416. The van der Waals surface area contributed by atoms with Crippen LogP contribution in [0.4, 0.5) is 0 Å². The highest BCUT2D eigenvalue weighted by atomic mass is 127. The normalized spacial score (nSPS) is 13.2. The van der Waals surface area contributed by atoms with Crippen LogP contribution in [0.15, 0.2) is 0 Å². The van der Waals surface area contributed by atoms with Crippen LogP contribution in [0, 0.1) is 0 Å². The van der Waals surface area contributed by atoms with E-state index in [1.807, 2.05) is 13.8 Å². The molecule has 2 N–H and O–H groups in total. The molecule has 15 heavy (non-hydrogen) atoms. The summed E-state index contributed by atoms with van der Waals surface area (Å²) in [5.41, 5.74) is 5.60. The highest BCUT2D eigenvalue weighted by Gasteiger charge is 2.19. The lowest BCUT2D eigenvalue weighted by Crippen LogP contribution is -2.35. The standard InChI is InChI=1S/C10H22INO2S/c1-9(2,12)5-7-13-10(3,4)6-8-14-15-11/h5-8,12H2,1-4H3. The molecule has 0 atom stereocenters. The minimum absolute atomic E-state index is 0.127. The van der Waals surface area contributed by atoms with E-state index in [-0.39, 0.29) is 11.1 Å². The van der Waals surface area contributed by atoms with Crippen molar-refractivity contribution in [2.75, 3.05) is 13.2 Å². The van der Waals surface area contributed by atoms with Crippen LogP contribution in [-0.4, -0.2) is 24.4 Å². The molecule has 0 unspecified atom stereocenters. The Morgan fingerprint density at radius 2 is 1.73 bits per heavy atom. The predicted octanol–water partition coefficient (Wildman–Crippen LogP) is 3.31. The van der Waals surface area contributed by atoms with Gasteiger partial charge in [-0.2, -0.15) is 0 Å². The fourth-order valence-corrected chi connectivity index (χ4v) is 1.67. The fourth-order valence-electron chi connectivity index (χ4n) is 0.981. The van der Waals surface area contributed by atoms with Crippen LogP contribution < -0.4 is 5.73 Å². The Bertz CT molecular complexity index is 171. The van der Waals surface area contributed by atoms with Crippen LogP contribution in [0.5, 0.6) is 0 Å². The smallest absolute Gasteiger partial charge is 0.0650 e. The SMILES string of the molecule is CC(C)(N)CCOC(C)(C)CCOSI. The molecule has 92 valence electrons. The molecule has 3 nitrogen and oxygen atoms in total. The van der Waals surface area contributed by atoms with E-state index in [9.17, 15) is 0 Å². The molecular weight excluding hydrogens is 325 g/mol. The van der Waals surface area contributed by atoms with Crippen LogP contribution in [0.2, 0.25) is 0 Å². The van der Waals surface area contributed by atoms with Gasteiger partial charge in [0.25, 0.3) is 0 Å². The van der Waals surface area contributed by atoms with E-state index in [4.69, 9.17) is 14.7 Å². The molecular formula is C10H22INO2S. The fraction of sp³-hybridized carbons (Fsp3) is 1.00. The van der Waals surface area contributed by atoms with Crippen molar-refractivity contribution in [3.63, 3.8) is 0 Å². The summed E-state index contributed by atoms with van der Waals surface area (Å²) in [6, 6.07) is 0. The summed E-state index contributed by atoms with van der Waals surface area (Å²) < 4.78 is 11.0. The summed E-state index contributed by atoms with van der Waals surface area (Å²) in [6.45, 7) is 9.61. The lowest BCUT2D eigenvalue weighted by molar-refractivity contribution is -0.0347. The van der Waals surface area contributed by atoms with Crippen LogP contribution in [-0.2, 0) is 8.92 Å². The molecule has 0 aromatic heterocycles. The minimum atomic E-state index is -0.148. The second kappa shape index (κ2) is 7.32. The number of nitrogens with two attached hydrogens (primary N) is 1. The van der Waals surface area contributed by atoms with Gasteiger partial charge in [-0.15, -0.1) is 0 Å². The van der Waals surface area contributed by atoms with Crippen molar-refractivity contribution in [1.82, 2.24) is 0 Å². The van der Waals surface area contributed by atoms with Gasteiger partial charge in [-0.05, 0) is 34.1 Å². The summed E-state index contributed by atoms with van der Waals surface area (Å²) in [5, 5.41) is 0. The summed E-state index contributed by atoms with van der Waals surface area (Å²) in [7, 11) is 1.36. The van der Waals surface area contributed by atoms with Crippen molar-refractivity contribution in [1.29, 1.82) is 0 Å². The number of hydrogen-bond donors (Lipinski definition) is 1. The van der Waals surface area contributed by atoms with Crippen molar-refractivity contribution < 1.29 is 8.92 Å². The Morgan fingerprint density at radius 3 is 2.20 bits per heavy atom. The van der Waals surface area contributed by atoms with Crippen LogP contribution in [0.1, 0.15) is 40.5 Å². The van der Waals surface area contributed by atoms with E-state index >= 15 is 0 Å². The third-order valence-electron chi connectivity index (χ3n) is 2.07. The molecule has 0 aliphatic rings. The largest absolute Gasteiger partial charge is 0.375 e. The zero-order chi connectivity index (χ0) is 11.9. The average molecular weight is 347 g/mol. The number of hydrogen-bond acceptors (Lipinski definition) is 4. The van der Waals surface area contributed by atoms with Crippen molar-refractivity contribution in [3.05, 3.63) is 0 Å². The van der Waals surface area contributed by atoms with Crippen molar-refractivity contribution >= 4 is 30.4 Å². The zero-order valence-corrected chi connectivity index (χ0v) is 13.0. The Labute approximate surface area is 110 Å². The minimum Gasteiger partial charge on any atom is -0.375 e. The summed E-state index contributed by atoms with van der Waals surface area (Å²) in [4.78, 5) is 0. The first-order chi connectivity index (χ1) is 6.77. The molecule has 0 saturated carbocycles. The second-order valence-electron chi connectivity index (χ2n) is 4.98. The Morgan fingerprint density at radius 1 is 1.13 bits per heavy atom. The first-order valence-corrected chi connectivity index (χ1v) is 8.38. The molecule has 0 aromatic carbocycles. The Balaban J connectivity index is 3.64. The van der Waals surface area contributed by atoms with Crippen molar-refractivity contribution in [2.24, 2.45) is 5.73 Å². The van der Waals surface area contributed by atoms with Crippen molar-refractivity contribution in [2.45, 2.75) is 51.7 Å². The molecule has 0 heterocycles. The highest BCUT2D eigenvalue weighted by Crippen LogP contribution is 2.19. The van der Waals surface area contributed by atoms with Gasteiger partial charge >= 0.3 is 0 Å². The van der Waals surface area contributed by atoms with E-state index in [0.29, 0.717) is 13.2 Å². The van der Waals surface area contributed by atoms with Crippen LogP contribution >= 0.6 is 30.4 Å². The van der Waals surface area contributed by atoms with E-state index in [0.717, 1.165) is 12.8 Å².